The lowest BCUT2D eigenvalue weighted by Crippen LogP contribution is -2.49. The van der Waals surface area contributed by atoms with Gasteiger partial charge in [0.25, 0.3) is 11.5 Å². The molecule has 0 spiro atoms. The number of amides is 1. The molecular weight excluding hydrogens is 286 g/mol. The zero-order chi connectivity index (χ0) is 15.5. The highest BCUT2D eigenvalue weighted by Gasteiger charge is 2.25. The van der Waals surface area contributed by atoms with E-state index in [0.29, 0.717) is 18.1 Å². The summed E-state index contributed by atoms with van der Waals surface area (Å²) >= 11 is 0. The van der Waals surface area contributed by atoms with E-state index in [1.54, 1.807) is 19.2 Å². The zero-order valence-corrected chi connectivity index (χ0v) is 12.2. The van der Waals surface area contributed by atoms with Crippen molar-refractivity contribution in [2.24, 2.45) is 0 Å². The van der Waals surface area contributed by atoms with Crippen LogP contribution in [0.25, 0.3) is 0 Å². The summed E-state index contributed by atoms with van der Waals surface area (Å²) in [5.74, 6) is 0.716. The number of anilines is 1. The van der Waals surface area contributed by atoms with Gasteiger partial charge in [0.2, 0.25) is 0 Å². The van der Waals surface area contributed by atoms with Crippen LogP contribution in [0.3, 0.4) is 0 Å². The Balaban J connectivity index is 1.67. The van der Waals surface area contributed by atoms with Gasteiger partial charge in [-0.05, 0) is 19.8 Å². The lowest BCUT2D eigenvalue weighted by atomic mass is 10.1. The Kier molecular flexibility index (Phi) is 3.90. The van der Waals surface area contributed by atoms with Gasteiger partial charge in [-0.3, -0.25) is 9.59 Å². The van der Waals surface area contributed by atoms with Crippen LogP contribution in [0.5, 0.6) is 0 Å². The molecule has 116 valence electrons. The number of aryl methyl sites for hydroxylation is 1. The molecular formula is C14H17N5O3. The second kappa shape index (κ2) is 6.00. The summed E-state index contributed by atoms with van der Waals surface area (Å²) < 4.78 is 4.90. The van der Waals surface area contributed by atoms with E-state index in [4.69, 9.17) is 4.52 Å². The largest absolute Gasteiger partial charge is 0.361 e. The average molecular weight is 303 g/mol. The van der Waals surface area contributed by atoms with Crippen molar-refractivity contribution in [3.05, 3.63) is 40.3 Å². The fraction of sp³-hybridized carbons (Fsp3) is 0.429. The number of hydrogen-bond acceptors (Lipinski definition) is 6. The van der Waals surface area contributed by atoms with Crippen LogP contribution in [0, 0.1) is 6.92 Å². The number of H-pyrrole nitrogens is 1. The number of nitrogens with zero attached hydrogens (tertiary/aromatic N) is 3. The summed E-state index contributed by atoms with van der Waals surface area (Å²) in [6.45, 7) is 3.03. The highest BCUT2D eigenvalue weighted by molar-refractivity contribution is 5.92. The Labute approximate surface area is 126 Å². The fourth-order valence-electron chi connectivity index (χ4n) is 2.59. The Morgan fingerprint density at radius 3 is 3.14 bits per heavy atom. The minimum absolute atomic E-state index is 0.0559. The molecule has 2 N–H and O–H groups in total. The number of carbonyl (C=O) groups excluding carboxylic acids is 1. The zero-order valence-electron chi connectivity index (χ0n) is 12.2. The summed E-state index contributed by atoms with van der Waals surface area (Å²) in [4.78, 5) is 32.5. The number of piperidine rings is 1. The number of aromatic amines is 1. The van der Waals surface area contributed by atoms with E-state index in [-0.39, 0.29) is 23.2 Å². The number of rotatable bonds is 3. The third kappa shape index (κ3) is 3.00. The van der Waals surface area contributed by atoms with Gasteiger partial charge in [-0.2, -0.15) is 0 Å². The number of aromatic nitrogens is 3. The highest BCUT2D eigenvalue weighted by Crippen LogP contribution is 2.14. The molecule has 3 heterocycles. The summed E-state index contributed by atoms with van der Waals surface area (Å²) in [7, 11) is 0. The topological polar surface area (TPSA) is 104 Å². The molecule has 1 aliphatic rings. The van der Waals surface area contributed by atoms with Crippen molar-refractivity contribution < 1.29 is 9.32 Å². The van der Waals surface area contributed by atoms with Crippen LogP contribution in [-0.2, 0) is 0 Å². The van der Waals surface area contributed by atoms with Gasteiger partial charge in [-0.15, -0.1) is 0 Å². The molecule has 0 aliphatic carbocycles. The Morgan fingerprint density at radius 1 is 1.55 bits per heavy atom. The summed E-state index contributed by atoms with van der Waals surface area (Å²) in [5.41, 5.74) is 0.0481. The lowest BCUT2D eigenvalue weighted by Gasteiger charge is -2.33. The van der Waals surface area contributed by atoms with Gasteiger partial charge < -0.3 is 19.7 Å². The molecule has 22 heavy (non-hydrogen) atoms. The van der Waals surface area contributed by atoms with Gasteiger partial charge in [-0.25, -0.2) is 4.98 Å². The molecule has 0 radical (unpaired) electrons. The minimum atomic E-state index is -0.265. The Morgan fingerprint density at radius 2 is 2.41 bits per heavy atom. The van der Waals surface area contributed by atoms with E-state index in [1.165, 1.54) is 6.20 Å². The number of hydrogen-bond donors (Lipinski definition) is 2. The molecule has 0 unspecified atom stereocenters. The molecule has 1 amide bonds. The van der Waals surface area contributed by atoms with Gasteiger partial charge in [0, 0.05) is 37.6 Å². The molecule has 0 aromatic carbocycles. The van der Waals surface area contributed by atoms with E-state index < -0.39 is 0 Å². The van der Waals surface area contributed by atoms with E-state index in [1.807, 2.05) is 4.90 Å². The van der Waals surface area contributed by atoms with E-state index in [9.17, 15) is 9.59 Å². The van der Waals surface area contributed by atoms with E-state index in [2.05, 4.69) is 20.4 Å². The van der Waals surface area contributed by atoms with Crippen LogP contribution >= 0.6 is 0 Å². The van der Waals surface area contributed by atoms with Crippen LogP contribution in [0.1, 0.15) is 29.1 Å². The van der Waals surface area contributed by atoms with Gasteiger partial charge in [0.1, 0.15) is 5.76 Å². The number of nitrogens with one attached hydrogen (secondary N) is 2. The van der Waals surface area contributed by atoms with Crippen molar-refractivity contribution in [1.82, 2.24) is 20.4 Å². The first kappa shape index (κ1) is 14.3. The molecule has 8 heteroatoms. The third-order valence-electron chi connectivity index (χ3n) is 3.61. The monoisotopic (exact) mass is 303 g/mol. The lowest BCUT2D eigenvalue weighted by molar-refractivity contribution is 0.0924. The average Bonchev–Trinajstić information content (AvgIpc) is 2.95. The van der Waals surface area contributed by atoms with Crippen LogP contribution in [0.4, 0.5) is 5.82 Å². The van der Waals surface area contributed by atoms with Crippen molar-refractivity contribution in [2.45, 2.75) is 25.8 Å². The van der Waals surface area contributed by atoms with Gasteiger partial charge >= 0.3 is 0 Å². The summed E-state index contributed by atoms with van der Waals surface area (Å²) in [6.07, 6.45) is 4.78. The molecule has 8 nitrogen and oxygen atoms in total. The first-order valence-electron chi connectivity index (χ1n) is 7.16. The van der Waals surface area contributed by atoms with Crippen LogP contribution in [-0.4, -0.2) is 40.2 Å². The predicted molar refractivity (Wildman–Crippen MR) is 78.8 cm³/mol. The van der Waals surface area contributed by atoms with Gasteiger partial charge in [0.05, 0.1) is 0 Å². The molecule has 0 bridgehead atoms. The molecule has 1 atom stereocenters. The Bertz CT molecular complexity index is 723. The standard InChI is InChI=1S/C14H17N5O3/c1-9-7-11(18-22-9)13(20)17-10-3-2-6-19(8-10)12-14(21)16-5-4-15-12/h4-5,7,10H,2-3,6,8H2,1H3,(H,16,21)(H,17,20)/t10-/m1/s1. The van der Waals surface area contributed by atoms with Crippen molar-refractivity contribution >= 4 is 11.7 Å². The maximum atomic E-state index is 12.1. The maximum Gasteiger partial charge on any atom is 0.290 e. The smallest absolute Gasteiger partial charge is 0.290 e. The van der Waals surface area contributed by atoms with Gasteiger partial charge in [0.15, 0.2) is 11.5 Å². The molecule has 0 saturated carbocycles. The highest BCUT2D eigenvalue weighted by atomic mass is 16.5. The van der Waals surface area contributed by atoms with Crippen molar-refractivity contribution in [3.8, 4) is 0 Å². The van der Waals surface area contributed by atoms with Crippen molar-refractivity contribution in [3.63, 3.8) is 0 Å². The normalized spacial score (nSPS) is 18.2. The molecule has 2 aromatic rings. The second-order valence-electron chi connectivity index (χ2n) is 5.32. The number of carbonyl (C=O) groups is 1. The first-order valence-corrected chi connectivity index (χ1v) is 7.16. The van der Waals surface area contributed by atoms with E-state index >= 15 is 0 Å². The molecule has 1 saturated heterocycles. The molecule has 2 aromatic heterocycles. The SMILES string of the molecule is Cc1cc(C(=O)N[C@@H]2CCCN(c3ncc[nH]c3=O)C2)no1. The summed E-state index contributed by atoms with van der Waals surface area (Å²) in [5, 5.41) is 6.63. The van der Waals surface area contributed by atoms with Crippen molar-refractivity contribution in [1.29, 1.82) is 0 Å². The molecule has 1 aliphatic heterocycles. The Hall–Kier alpha value is -2.64. The summed E-state index contributed by atoms with van der Waals surface area (Å²) in [6, 6.07) is 1.54. The minimum Gasteiger partial charge on any atom is -0.361 e. The van der Waals surface area contributed by atoms with Crippen molar-refractivity contribution in [2.75, 3.05) is 18.0 Å². The third-order valence-corrected chi connectivity index (χ3v) is 3.61. The second-order valence-corrected chi connectivity index (χ2v) is 5.32. The van der Waals surface area contributed by atoms with Crippen LogP contribution < -0.4 is 15.8 Å². The van der Waals surface area contributed by atoms with Crippen LogP contribution in [0.2, 0.25) is 0 Å². The van der Waals surface area contributed by atoms with Crippen LogP contribution in [0.15, 0.2) is 27.8 Å². The van der Waals surface area contributed by atoms with Gasteiger partial charge in [-0.1, -0.05) is 5.16 Å². The molecule has 3 rings (SSSR count). The predicted octanol–water partition coefficient (Wildman–Crippen LogP) is 0.465. The maximum absolute atomic E-state index is 12.1. The first-order chi connectivity index (χ1) is 10.6. The van der Waals surface area contributed by atoms with E-state index in [0.717, 1.165) is 19.4 Å². The molecule has 1 fully saturated rings. The fourth-order valence-corrected chi connectivity index (χ4v) is 2.59. The quantitative estimate of drug-likeness (QED) is 0.854.